The fourth-order valence-electron chi connectivity index (χ4n) is 1.25. The summed E-state index contributed by atoms with van der Waals surface area (Å²) in [6, 6.07) is 5.94. The summed E-state index contributed by atoms with van der Waals surface area (Å²) in [7, 11) is -2.29. The third-order valence-electron chi connectivity index (χ3n) is 2.17. The van der Waals surface area contributed by atoms with E-state index in [0.717, 1.165) is 0 Å². The third-order valence-corrected chi connectivity index (χ3v) is 3.59. The minimum Gasteiger partial charge on any atom is -0.469 e. The average Bonchev–Trinajstić information content (AvgIpc) is 2.37. The van der Waals surface area contributed by atoms with Gasteiger partial charge in [-0.05, 0) is 17.7 Å². The van der Waals surface area contributed by atoms with Crippen LogP contribution >= 0.6 is 0 Å². The Kier molecular flexibility index (Phi) is 4.89. The lowest BCUT2D eigenvalue weighted by molar-refractivity contribution is -0.139. The minimum atomic E-state index is -3.58. The number of esters is 1. The standard InChI is InChI=1S/C12H13NO4S/c1-3-8-13-18(15,16)11-6-4-10(5-7-11)9-12(14)17-2/h1,4-7,13H,8-9H2,2H3. The van der Waals surface area contributed by atoms with Crippen molar-refractivity contribution in [2.45, 2.75) is 11.3 Å². The highest BCUT2D eigenvalue weighted by Crippen LogP contribution is 2.11. The fraction of sp³-hybridized carbons (Fsp3) is 0.250. The van der Waals surface area contributed by atoms with Crippen molar-refractivity contribution in [3.63, 3.8) is 0 Å². The number of terminal acetylenes is 1. The van der Waals surface area contributed by atoms with Crippen molar-refractivity contribution < 1.29 is 17.9 Å². The van der Waals surface area contributed by atoms with Gasteiger partial charge in [-0.25, -0.2) is 8.42 Å². The van der Waals surface area contributed by atoms with E-state index in [2.05, 4.69) is 15.4 Å². The van der Waals surface area contributed by atoms with Crippen molar-refractivity contribution in [3.8, 4) is 12.3 Å². The number of sulfonamides is 1. The van der Waals surface area contributed by atoms with Crippen molar-refractivity contribution >= 4 is 16.0 Å². The van der Waals surface area contributed by atoms with E-state index in [-0.39, 0.29) is 23.8 Å². The second-order valence-corrected chi connectivity index (χ2v) is 5.19. The van der Waals surface area contributed by atoms with Crippen molar-refractivity contribution in [2.24, 2.45) is 0 Å². The van der Waals surface area contributed by atoms with E-state index in [4.69, 9.17) is 6.42 Å². The molecule has 0 aliphatic heterocycles. The first-order valence-corrected chi connectivity index (χ1v) is 6.57. The summed E-state index contributed by atoms with van der Waals surface area (Å²) in [5.74, 6) is 1.81. The van der Waals surface area contributed by atoms with Gasteiger partial charge in [-0.15, -0.1) is 6.42 Å². The largest absolute Gasteiger partial charge is 0.469 e. The number of rotatable bonds is 5. The number of methoxy groups -OCH3 is 1. The van der Waals surface area contributed by atoms with Crippen LogP contribution < -0.4 is 4.72 Å². The van der Waals surface area contributed by atoms with Gasteiger partial charge in [0.1, 0.15) is 0 Å². The Hall–Kier alpha value is -1.84. The number of benzene rings is 1. The van der Waals surface area contributed by atoms with Crippen molar-refractivity contribution in [3.05, 3.63) is 29.8 Å². The fourth-order valence-corrected chi connectivity index (χ4v) is 2.18. The normalized spacial score (nSPS) is 10.7. The van der Waals surface area contributed by atoms with Gasteiger partial charge in [-0.2, -0.15) is 4.72 Å². The molecule has 0 aliphatic rings. The monoisotopic (exact) mass is 267 g/mol. The summed E-state index contributed by atoms with van der Waals surface area (Å²) in [6.07, 6.45) is 5.09. The molecular weight excluding hydrogens is 254 g/mol. The predicted molar refractivity (Wildman–Crippen MR) is 66.2 cm³/mol. The maximum absolute atomic E-state index is 11.7. The first-order chi connectivity index (χ1) is 8.49. The third kappa shape index (κ3) is 3.87. The van der Waals surface area contributed by atoms with Crippen LogP contribution in [0, 0.1) is 12.3 Å². The lowest BCUT2D eigenvalue weighted by Crippen LogP contribution is -2.23. The molecule has 0 heterocycles. The van der Waals surface area contributed by atoms with Crippen LogP contribution in [0.25, 0.3) is 0 Å². The van der Waals surface area contributed by atoms with E-state index in [1.165, 1.54) is 19.2 Å². The van der Waals surface area contributed by atoms with Crippen LogP contribution in [-0.2, 0) is 26.0 Å². The molecule has 0 saturated heterocycles. The summed E-state index contributed by atoms with van der Waals surface area (Å²) in [6.45, 7) is -0.0632. The molecule has 0 amide bonds. The smallest absolute Gasteiger partial charge is 0.309 e. The molecule has 18 heavy (non-hydrogen) atoms. The van der Waals surface area contributed by atoms with Gasteiger partial charge in [0.2, 0.25) is 10.0 Å². The van der Waals surface area contributed by atoms with Gasteiger partial charge in [-0.3, -0.25) is 4.79 Å². The number of carbonyl (C=O) groups excluding carboxylic acids is 1. The van der Waals surface area contributed by atoms with Crippen LogP contribution in [0.5, 0.6) is 0 Å². The molecule has 1 aromatic carbocycles. The number of carbonyl (C=O) groups is 1. The van der Waals surface area contributed by atoms with Gasteiger partial charge in [0.25, 0.3) is 0 Å². The van der Waals surface area contributed by atoms with E-state index >= 15 is 0 Å². The van der Waals surface area contributed by atoms with Crippen LogP contribution in [0.1, 0.15) is 5.56 Å². The van der Waals surface area contributed by atoms with E-state index in [1.807, 2.05) is 0 Å². The van der Waals surface area contributed by atoms with E-state index in [0.29, 0.717) is 5.56 Å². The number of hydrogen-bond donors (Lipinski definition) is 1. The van der Waals surface area contributed by atoms with Crippen LogP contribution in [0.3, 0.4) is 0 Å². The molecule has 1 aromatic rings. The number of nitrogens with one attached hydrogen (secondary N) is 1. The Bertz CT molecular complexity index is 555. The number of hydrogen-bond acceptors (Lipinski definition) is 4. The highest BCUT2D eigenvalue weighted by Gasteiger charge is 2.12. The molecule has 0 aliphatic carbocycles. The molecule has 0 atom stereocenters. The van der Waals surface area contributed by atoms with Crippen LogP contribution in [0.2, 0.25) is 0 Å². The first-order valence-electron chi connectivity index (χ1n) is 5.08. The van der Waals surface area contributed by atoms with Crippen molar-refractivity contribution in [1.29, 1.82) is 0 Å². The Morgan fingerprint density at radius 1 is 1.39 bits per heavy atom. The van der Waals surface area contributed by atoms with E-state index in [1.54, 1.807) is 12.1 Å². The highest BCUT2D eigenvalue weighted by molar-refractivity contribution is 7.89. The summed E-state index contributed by atoms with van der Waals surface area (Å²) < 4.78 is 30.1. The first kappa shape index (κ1) is 14.2. The van der Waals surface area contributed by atoms with Gasteiger partial charge >= 0.3 is 5.97 Å². The molecule has 0 aromatic heterocycles. The molecule has 0 unspecified atom stereocenters. The zero-order valence-corrected chi connectivity index (χ0v) is 10.7. The van der Waals surface area contributed by atoms with Gasteiger partial charge in [-0.1, -0.05) is 18.1 Å². The Balaban J connectivity index is 2.83. The van der Waals surface area contributed by atoms with Crippen LogP contribution in [0.15, 0.2) is 29.2 Å². The zero-order valence-electron chi connectivity index (χ0n) is 9.84. The molecule has 1 N–H and O–H groups in total. The summed E-state index contributed by atoms with van der Waals surface area (Å²) in [4.78, 5) is 11.1. The maximum Gasteiger partial charge on any atom is 0.309 e. The molecule has 0 fully saturated rings. The van der Waals surface area contributed by atoms with Crippen LogP contribution in [0.4, 0.5) is 0 Å². The number of ether oxygens (including phenoxy) is 1. The zero-order chi connectivity index (χ0) is 13.6. The van der Waals surface area contributed by atoms with Gasteiger partial charge in [0, 0.05) is 0 Å². The van der Waals surface area contributed by atoms with E-state index < -0.39 is 10.0 Å². The van der Waals surface area contributed by atoms with E-state index in [9.17, 15) is 13.2 Å². The molecular formula is C12H13NO4S. The molecule has 6 heteroatoms. The summed E-state index contributed by atoms with van der Waals surface area (Å²) >= 11 is 0. The topological polar surface area (TPSA) is 72.5 Å². The molecule has 5 nitrogen and oxygen atoms in total. The Labute approximate surface area is 106 Å². The van der Waals surface area contributed by atoms with Crippen LogP contribution in [-0.4, -0.2) is 28.0 Å². The Morgan fingerprint density at radius 2 is 2.00 bits per heavy atom. The Morgan fingerprint density at radius 3 is 2.50 bits per heavy atom. The molecule has 0 bridgehead atoms. The van der Waals surface area contributed by atoms with Gasteiger partial charge < -0.3 is 4.74 Å². The average molecular weight is 267 g/mol. The maximum atomic E-state index is 11.7. The second kappa shape index (κ2) is 6.19. The second-order valence-electron chi connectivity index (χ2n) is 3.43. The highest BCUT2D eigenvalue weighted by atomic mass is 32.2. The van der Waals surface area contributed by atoms with Crippen molar-refractivity contribution in [1.82, 2.24) is 4.72 Å². The molecule has 96 valence electrons. The minimum absolute atomic E-state index is 0.0632. The quantitative estimate of drug-likeness (QED) is 0.616. The SMILES string of the molecule is C#CCNS(=O)(=O)c1ccc(CC(=O)OC)cc1. The van der Waals surface area contributed by atoms with Gasteiger partial charge in [0.05, 0.1) is 25.0 Å². The predicted octanol–water partition coefficient (Wildman–Crippen LogP) is 0.314. The summed E-state index contributed by atoms with van der Waals surface area (Å²) in [5.41, 5.74) is 0.678. The lowest BCUT2D eigenvalue weighted by Gasteiger charge is -2.05. The lowest BCUT2D eigenvalue weighted by atomic mass is 10.2. The molecule has 1 rings (SSSR count). The summed E-state index contributed by atoms with van der Waals surface area (Å²) in [5, 5.41) is 0. The molecule has 0 saturated carbocycles. The molecule has 0 spiro atoms. The molecule has 0 radical (unpaired) electrons. The van der Waals surface area contributed by atoms with Crippen molar-refractivity contribution in [2.75, 3.05) is 13.7 Å². The van der Waals surface area contributed by atoms with Gasteiger partial charge in [0.15, 0.2) is 0 Å².